The first-order valence-electron chi connectivity index (χ1n) is 7.81. The number of ether oxygens (including phenoxy) is 1. The molecule has 3 rings (SSSR count). The van der Waals surface area contributed by atoms with E-state index in [-0.39, 0.29) is 21.8 Å². The van der Waals surface area contributed by atoms with Gasteiger partial charge in [0, 0.05) is 5.39 Å². The van der Waals surface area contributed by atoms with Gasteiger partial charge in [0.25, 0.3) is 11.5 Å². The summed E-state index contributed by atoms with van der Waals surface area (Å²) in [5.41, 5.74) is -0.387. The van der Waals surface area contributed by atoms with Gasteiger partial charge in [-0.2, -0.15) is 5.10 Å². The minimum absolute atomic E-state index is 0.00942. The number of nitrogens with one attached hydrogen (secondary N) is 2. The van der Waals surface area contributed by atoms with E-state index in [1.807, 2.05) is 0 Å². The van der Waals surface area contributed by atoms with Gasteiger partial charge in [0.1, 0.15) is 5.82 Å². The summed E-state index contributed by atoms with van der Waals surface area (Å²) in [6.45, 7) is 1.36. The number of aromatic nitrogens is 2. The SMILES string of the molecule is C[C@H](OC(=O)c1n[nH]c(=O)c2ccccc12)C(=O)Nc1ccc(F)cc1Cl. The molecule has 1 aromatic heterocycles. The maximum atomic E-state index is 13.1. The van der Waals surface area contributed by atoms with Crippen LogP contribution in [0.1, 0.15) is 17.4 Å². The van der Waals surface area contributed by atoms with E-state index in [0.29, 0.717) is 5.39 Å². The number of rotatable bonds is 4. The number of H-pyrrole nitrogens is 1. The number of amides is 1. The molecule has 9 heteroatoms. The number of hydrogen-bond donors (Lipinski definition) is 2. The lowest BCUT2D eigenvalue weighted by atomic mass is 10.1. The fraction of sp³-hybridized carbons (Fsp3) is 0.111. The maximum absolute atomic E-state index is 13.1. The van der Waals surface area contributed by atoms with Crippen molar-refractivity contribution in [3.05, 3.63) is 69.4 Å². The van der Waals surface area contributed by atoms with Crippen molar-refractivity contribution in [3.63, 3.8) is 0 Å². The summed E-state index contributed by atoms with van der Waals surface area (Å²) in [7, 11) is 0. The average Bonchev–Trinajstić information content (AvgIpc) is 2.64. The number of fused-ring (bicyclic) bond motifs is 1. The van der Waals surface area contributed by atoms with Gasteiger partial charge < -0.3 is 10.1 Å². The van der Waals surface area contributed by atoms with Crippen molar-refractivity contribution in [3.8, 4) is 0 Å². The molecule has 0 saturated heterocycles. The summed E-state index contributed by atoms with van der Waals surface area (Å²) < 4.78 is 18.2. The predicted molar refractivity (Wildman–Crippen MR) is 97.3 cm³/mol. The molecule has 2 aromatic carbocycles. The van der Waals surface area contributed by atoms with Crippen LogP contribution in [-0.2, 0) is 9.53 Å². The van der Waals surface area contributed by atoms with E-state index >= 15 is 0 Å². The van der Waals surface area contributed by atoms with E-state index in [4.69, 9.17) is 16.3 Å². The molecule has 2 N–H and O–H groups in total. The molecule has 1 atom stereocenters. The first kappa shape index (κ1) is 18.5. The van der Waals surface area contributed by atoms with Crippen molar-refractivity contribution in [1.82, 2.24) is 10.2 Å². The molecule has 7 nitrogen and oxygen atoms in total. The smallest absolute Gasteiger partial charge is 0.360 e. The minimum atomic E-state index is -1.19. The number of anilines is 1. The zero-order valence-corrected chi connectivity index (χ0v) is 14.7. The second-order valence-corrected chi connectivity index (χ2v) is 6.02. The van der Waals surface area contributed by atoms with E-state index in [2.05, 4.69) is 15.5 Å². The monoisotopic (exact) mass is 389 g/mol. The zero-order valence-electron chi connectivity index (χ0n) is 14.0. The van der Waals surface area contributed by atoms with Crippen LogP contribution < -0.4 is 10.9 Å². The second-order valence-electron chi connectivity index (χ2n) is 5.61. The van der Waals surface area contributed by atoms with Crippen molar-refractivity contribution < 1.29 is 18.7 Å². The van der Waals surface area contributed by atoms with Crippen molar-refractivity contribution >= 4 is 39.9 Å². The van der Waals surface area contributed by atoms with E-state index in [1.54, 1.807) is 24.3 Å². The quantitative estimate of drug-likeness (QED) is 0.668. The lowest BCUT2D eigenvalue weighted by molar-refractivity contribution is -0.123. The fourth-order valence-electron chi connectivity index (χ4n) is 2.37. The molecule has 138 valence electrons. The average molecular weight is 390 g/mol. The molecule has 1 amide bonds. The summed E-state index contributed by atoms with van der Waals surface area (Å²) in [6.07, 6.45) is -1.19. The molecule has 0 aliphatic heterocycles. The van der Waals surface area contributed by atoms with Crippen LogP contribution in [0.3, 0.4) is 0 Å². The lowest BCUT2D eigenvalue weighted by Crippen LogP contribution is -2.30. The summed E-state index contributed by atoms with van der Waals surface area (Å²) in [6, 6.07) is 9.86. The van der Waals surface area contributed by atoms with Crippen LogP contribution in [0.15, 0.2) is 47.3 Å². The molecule has 0 bridgehead atoms. The third-order valence-electron chi connectivity index (χ3n) is 3.73. The molecule has 0 fully saturated rings. The summed E-state index contributed by atoms with van der Waals surface area (Å²) >= 11 is 5.85. The van der Waals surface area contributed by atoms with Crippen LogP contribution >= 0.6 is 11.6 Å². The number of carbonyl (C=O) groups is 2. The molecule has 0 radical (unpaired) electrons. The molecule has 27 heavy (non-hydrogen) atoms. The Morgan fingerprint density at radius 1 is 1.22 bits per heavy atom. The van der Waals surface area contributed by atoms with Crippen LogP contribution in [0.5, 0.6) is 0 Å². The number of benzene rings is 2. The Bertz CT molecular complexity index is 1100. The van der Waals surface area contributed by atoms with Crippen LogP contribution in [-0.4, -0.2) is 28.2 Å². The number of halogens is 2. The Labute approximate surface area is 157 Å². The number of carbonyl (C=O) groups excluding carboxylic acids is 2. The van der Waals surface area contributed by atoms with Crippen LogP contribution in [0.4, 0.5) is 10.1 Å². The van der Waals surface area contributed by atoms with Gasteiger partial charge in [-0.1, -0.05) is 29.8 Å². The Kier molecular flexibility index (Phi) is 5.18. The van der Waals surface area contributed by atoms with Gasteiger partial charge in [0.05, 0.1) is 16.1 Å². The largest absolute Gasteiger partial charge is 0.448 e. The zero-order chi connectivity index (χ0) is 19.6. The van der Waals surface area contributed by atoms with Crippen LogP contribution in [0, 0.1) is 5.82 Å². The highest BCUT2D eigenvalue weighted by atomic mass is 35.5. The number of hydrogen-bond acceptors (Lipinski definition) is 5. The van der Waals surface area contributed by atoms with Crippen LogP contribution in [0.2, 0.25) is 5.02 Å². The summed E-state index contributed by atoms with van der Waals surface area (Å²) in [5.74, 6) is -2.09. The van der Waals surface area contributed by atoms with Gasteiger partial charge in [-0.05, 0) is 31.2 Å². The number of nitrogens with zero attached hydrogens (tertiary/aromatic N) is 1. The summed E-state index contributed by atoms with van der Waals surface area (Å²) in [5, 5.41) is 8.97. The van der Waals surface area contributed by atoms with Gasteiger partial charge in [-0.3, -0.25) is 9.59 Å². The van der Waals surface area contributed by atoms with E-state index in [0.717, 1.165) is 12.1 Å². The highest BCUT2D eigenvalue weighted by Gasteiger charge is 2.22. The Hall–Kier alpha value is -3.26. The highest BCUT2D eigenvalue weighted by Crippen LogP contribution is 2.23. The van der Waals surface area contributed by atoms with Crippen molar-refractivity contribution in [1.29, 1.82) is 0 Å². The van der Waals surface area contributed by atoms with Crippen molar-refractivity contribution in [2.24, 2.45) is 0 Å². The van der Waals surface area contributed by atoms with Gasteiger partial charge >= 0.3 is 5.97 Å². The van der Waals surface area contributed by atoms with E-state index in [9.17, 15) is 18.8 Å². The minimum Gasteiger partial charge on any atom is -0.448 e. The highest BCUT2D eigenvalue weighted by molar-refractivity contribution is 6.33. The Balaban J connectivity index is 1.77. The fourth-order valence-corrected chi connectivity index (χ4v) is 2.58. The Morgan fingerprint density at radius 3 is 2.63 bits per heavy atom. The molecule has 0 aliphatic rings. The van der Waals surface area contributed by atoms with Crippen molar-refractivity contribution in [2.45, 2.75) is 13.0 Å². The first-order valence-corrected chi connectivity index (χ1v) is 8.19. The van der Waals surface area contributed by atoms with Crippen molar-refractivity contribution in [2.75, 3.05) is 5.32 Å². The van der Waals surface area contributed by atoms with Gasteiger partial charge in [0.15, 0.2) is 11.8 Å². The summed E-state index contributed by atoms with van der Waals surface area (Å²) in [4.78, 5) is 36.4. The van der Waals surface area contributed by atoms with Gasteiger partial charge in [0.2, 0.25) is 0 Å². The molecule has 0 spiro atoms. The molecule has 0 unspecified atom stereocenters. The lowest BCUT2D eigenvalue weighted by Gasteiger charge is -2.14. The molecule has 0 aliphatic carbocycles. The second kappa shape index (κ2) is 7.55. The first-order chi connectivity index (χ1) is 12.9. The molecular formula is C18H13ClFN3O4. The van der Waals surface area contributed by atoms with E-state index in [1.165, 1.54) is 13.0 Å². The number of esters is 1. The molecular weight excluding hydrogens is 377 g/mol. The standard InChI is InChI=1S/C18H13ClFN3O4/c1-9(16(24)21-14-7-6-10(20)8-13(14)19)27-18(26)15-11-4-2-3-5-12(11)17(25)23-22-15/h2-9H,1H3,(H,21,24)(H,23,25)/t9-/m0/s1. The van der Waals surface area contributed by atoms with Crippen LogP contribution in [0.25, 0.3) is 10.8 Å². The topological polar surface area (TPSA) is 101 Å². The third kappa shape index (κ3) is 3.95. The Morgan fingerprint density at radius 2 is 1.93 bits per heavy atom. The van der Waals surface area contributed by atoms with E-state index < -0.39 is 29.4 Å². The third-order valence-corrected chi connectivity index (χ3v) is 4.04. The maximum Gasteiger partial charge on any atom is 0.360 e. The van der Waals surface area contributed by atoms with Gasteiger partial charge in [-0.15, -0.1) is 0 Å². The normalized spacial score (nSPS) is 11.8. The molecule has 0 saturated carbocycles. The predicted octanol–water partition coefficient (Wildman–Crippen LogP) is 2.90. The van der Waals surface area contributed by atoms with Gasteiger partial charge in [-0.25, -0.2) is 14.3 Å². The number of aromatic amines is 1. The molecule has 1 heterocycles. The molecule has 3 aromatic rings.